The van der Waals surface area contributed by atoms with Crippen LogP contribution in [0, 0.1) is 6.42 Å². The van der Waals surface area contributed by atoms with Crippen LogP contribution in [0.15, 0.2) is 0 Å². The summed E-state index contributed by atoms with van der Waals surface area (Å²) in [5, 5.41) is 0. The Hall–Kier alpha value is -1.00. The molecular formula is C5H9Es-. The molecule has 6 heavy (non-hydrogen) atoms. The normalized spacial score (nSPS) is 20.0. The predicted octanol–water partition coefficient (Wildman–Crippen LogP) is 1.76. The van der Waals surface area contributed by atoms with E-state index >= 15 is 0 Å². The van der Waals surface area contributed by atoms with Gasteiger partial charge in [-0.25, -0.2) is 0 Å². The van der Waals surface area contributed by atoms with Gasteiger partial charge in [0.2, 0.25) is 0 Å². The van der Waals surface area contributed by atoms with Gasteiger partial charge in [-0.2, -0.15) is 12.8 Å². The smallest absolute Gasteiger partial charge is 0 e. The predicted molar refractivity (Wildman–Crippen MR) is 22.8 cm³/mol. The molecule has 0 aromatic rings. The van der Waals surface area contributed by atoms with E-state index < -0.39 is 0 Å². The molecule has 1 fully saturated rings. The van der Waals surface area contributed by atoms with E-state index in [4.69, 9.17) is 0 Å². The minimum absolute atomic E-state index is 0. The molecule has 0 saturated heterocycles. The van der Waals surface area contributed by atoms with Gasteiger partial charge in [-0.1, -0.05) is 12.8 Å². The van der Waals surface area contributed by atoms with Crippen molar-refractivity contribution in [3.05, 3.63) is 6.42 Å². The van der Waals surface area contributed by atoms with E-state index in [2.05, 4.69) is 6.42 Å². The zero-order valence-corrected chi connectivity index (χ0v) is 6.22. The van der Waals surface area contributed by atoms with Crippen LogP contribution in [0.4, 0.5) is 0 Å². The average molecular weight is 321 g/mol. The van der Waals surface area contributed by atoms with E-state index in [1.165, 1.54) is 25.7 Å². The number of rotatable bonds is 0. The van der Waals surface area contributed by atoms with Gasteiger partial charge in [-0.05, 0) is 0 Å². The Morgan fingerprint density at radius 1 is 1.00 bits per heavy atom. The van der Waals surface area contributed by atoms with Gasteiger partial charge >= 0.3 is 0 Å². The van der Waals surface area contributed by atoms with Gasteiger partial charge in [0.25, 0.3) is 0 Å². The Morgan fingerprint density at radius 2 is 1.50 bits per heavy atom. The summed E-state index contributed by atoms with van der Waals surface area (Å²) in [5.74, 6) is 0. The Labute approximate surface area is 33.2 Å². The molecule has 0 atom stereocenters. The first kappa shape index (κ1) is 5.00. The third-order valence-electron chi connectivity index (χ3n) is 1.07. The van der Waals surface area contributed by atoms with Crippen molar-refractivity contribution in [2.45, 2.75) is 25.7 Å². The van der Waals surface area contributed by atoms with Crippen molar-refractivity contribution < 1.29 is 0 Å². The Bertz CT molecular complexity index is 15.5. The second kappa shape index (κ2) is 2.25. The molecule has 1 radical (unpaired) electrons. The van der Waals surface area contributed by atoms with Crippen LogP contribution < -0.4 is 0 Å². The molecule has 41 valence electrons. The Kier molecular flexibility index (Phi) is 1.88. The van der Waals surface area contributed by atoms with Crippen LogP contribution in [-0.4, -0.2) is 0 Å². The molecule has 1 rings (SSSR count). The molecule has 0 unspecified atom stereocenters. The Morgan fingerprint density at radius 3 is 1.67 bits per heavy atom. The van der Waals surface area contributed by atoms with Gasteiger partial charge in [0.15, 0.2) is 0 Å². The van der Waals surface area contributed by atoms with E-state index in [9.17, 15) is 0 Å². The molecule has 1 aliphatic rings. The molecule has 0 heterocycles. The molecule has 0 aromatic carbocycles. The molecule has 0 spiro atoms. The second-order valence-electron chi connectivity index (χ2n) is 1.57. The van der Waals surface area contributed by atoms with Crippen LogP contribution in [-0.2, 0) is 0 Å². The van der Waals surface area contributed by atoms with Gasteiger partial charge in [0, 0.05) is 0 Å². The molecular weight excluding hydrogens is 312 g/mol. The first-order chi connectivity index (χ1) is 2.50. The summed E-state index contributed by atoms with van der Waals surface area (Å²) in [6.45, 7) is 0. The summed E-state index contributed by atoms with van der Waals surface area (Å²) in [6, 6.07) is 0. The molecule has 0 nitrogen and oxygen atoms in total. The summed E-state index contributed by atoms with van der Waals surface area (Å²) in [4.78, 5) is 0. The molecule has 0 bridgehead atoms. The van der Waals surface area contributed by atoms with Gasteiger partial charge in [-0.15, -0.1) is 0 Å². The number of hydrogen-bond donors (Lipinski definition) is 0. The van der Waals surface area contributed by atoms with Crippen LogP contribution in [0.25, 0.3) is 0 Å². The van der Waals surface area contributed by atoms with Crippen LogP contribution in [0.5, 0.6) is 0 Å². The molecule has 1 heteroatoms. The van der Waals surface area contributed by atoms with Gasteiger partial charge in [0.1, 0.15) is 0 Å². The summed E-state index contributed by atoms with van der Waals surface area (Å²) in [6.07, 6.45) is 8.00. The first-order valence-electron chi connectivity index (χ1n) is 2.32. The van der Waals surface area contributed by atoms with Crippen LogP contribution >= 0.6 is 0 Å². The van der Waals surface area contributed by atoms with Crippen molar-refractivity contribution in [2.75, 3.05) is 0 Å². The van der Waals surface area contributed by atoms with Crippen LogP contribution in [0.3, 0.4) is 0 Å². The SMILES string of the molecule is [CH-]1CCCC1.[Es]. The maximum absolute atomic E-state index is 2.36. The van der Waals surface area contributed by atoms with Crippen LogP contribution in [0.1, 0.15) is 25.7 Å². The maximum atomic E-state index is 2.36. The molecule has 0 aromatic heterocycles. The standard InChI is InChI=1S/C5H9.Es/c1-2-4-5-3-1;/h1H,2-5H2;/q-1;. The fourth-order valence-corrected chi connectivity index (χ4v) is 0.722. The van der Waals surface area contributed by atoms with E-state index in [1.54, 1.807) is 0 Å². The zero-order valence-electron chi connectivity index (χ0n) is 3.71. The van der Waals surface area contributed by atoms with Crippen molar-refractivity contribution in [3.8, 4) is 0 Å². The topological polar surface area (TPSA) is 0 Å². The molecule has 0 amide bonds. The number of hydrogen-bond acceptors (Lipinski definition) is 0. The van der Waals surface area contributed by atoms with Gasteiger partial charge < -0.3 is 6.42 Å². The summed E-state index contributed by atoms with van der Waals surface area (Å²) in [5.41, 5.74) is 0. The largest absolute Gasteiger partial charge is 0.328 e. The molecule has 0 aliphatic heterocycles. The average Bonchev–Trinajstić information content (AvgIpc) is 1.76. The minimum Gasteiger partial charge on any atom is -0.328 e. The van der Waals surface area contributed by atoms with Crippen molar-refractivity contribution >= 4 is 0 Å². The minimum atomic E-state index is 0. The van der Waals surface area contributed by atoms with E-state index in [0.29, 0.717) is 0 Å². The van der Waals surface area contributed by atoms with Gasteiger partial charge in [-0.3, -0.25) is 0 Å². The van der Waals surface area contributed by atoms with Gasteiger partial charge in [0.05, 0.1) is 0 Å². The third kappa shape index (κ3) is 0.750. The molecule has 1 saturated carbocycles. The fourth-order valence-electron chi connectivity index (χ4n) is 0.722. The summed E-state index contributed by atoms with van der Waals surface area (Å²) in [7, 11) is 0. The quantitative estimate of drug-likeness (QED) is 0.597. The second-order valence-corrected chi connectivity index (χ2v) is 1.57. The maximum Gasteiger partial charge on any atom is 0 e. The fraction of sp³-hybridized carbons (Fsp3) is 0.800. The van der Waals surface area contributed by atoms with E-state index in [0.717, 1.165) is 0 Å². The van der Waals surface area contributed by atoms with E-state index in [-0.39, 0.29) is 0 Å². The van der Waals surface area contributed by atoms with Crippen molar-refractivity contribution in [1.82, 2.24) is 0 Å². The zero-order chi connectivity index (χ0) is 3.54. The summed E-state index contributed by atoms with van der Waals surface area (Å²) < 4.78 is 0. The van der Waals surface area contributed by atoms with Crippen LogP contribution in [0.2, 0.25) is 0 Å². The molecule has 0 N–H and O–H groups in total. The van der Waals surface area contributed by atoms with E-state index in [1.807, 2.05) is 0 Å². The third-order valence-corrected chi connectivity index (χ3v) is 1.07. The first-order valence-corrected chi connectivity index (χ1v) is 2.32. The van der Waals surface area contributed by atoms with Crippen molar-refractivity contribution in [1.29, 1.82) is 0 Å². The Balaban J connectivity index is 0.000000250. The summed E-state index contributed by atoms with van der Waals surface area (Å²) >= 11 is 0. The van der Waals surface area contributed by atoms with Crippen molar-refractivity contribution in [3.63, 3.8) is 0 Å². The van der Waals surface area contributed by atoms with Crippen molar-refractivity contribution in [2.24, 2.45) is 0 Å². The molecule has 1 aliphatic carbocycles. The monoisotopic (exact) mass is 321 g/mol.